The van der Waals surface area contributed by atoms with E-state index in [1.54, 1.807) is 0 Å². The van der Waals surface area contributed by atoms with Gasteiger partial charge >= 0.3 is 0 Å². The Bertz CT molecular complexity index is 2410. The molecule has 0 N–H and O–H groups in total. The summed E-state index contributed by atoms with van der Waals surface area (Å²) in [4.78, 5) is 9.62. The maximum atomic E-state index is 6.34. The van der Waals surface area contributed by atoms with Gasteiger partial charge in [0.15, 0.2) is 0 Å². The molecular formula is C44H41IrN3OSi-2. The zero-order valence-electron chi connectivity index (χ0n) is 29.6. The van der Waals surface area contributed by atoms with Gasteiger partial charge in [-0.3, -0.25) is 4.98 Å². The van der Waals surface area contributed by atoms with Crippen LogP contribution in [0, 0.1) is 19.1 Å². The molecule has 0 fully saturated rings. The summed E-state index contributed by atoms with van der Waals surface area (Å²) in [6, 6.07) is 46.3. The van der Waals surface area contributed by atoms with E-state index in [4.69, 9.17) is 9.40 Å². The van der Waals surface area contributed by atoms with E-state index in [9.17, 15) is 0 Å². The Morgan fingerprint density at radius 2 is 1.50 bits per heavy atom. The first-order chi connectivity index (χ1) is 23.5. The third-order valence-electron chi connectivity index (χ3n) is 8.95. The molecule has 0 aliphatic heterocycles. The number of para-hydroxylation sites is 4. The van der Waals surface area contributed by atoms with Crippen molar-refractivity contribution >= 4 is 46.2 Å². The van der Waals surface area contributed by atoms with Crippen LogP contribution >= 0.6 is 0 Å². The second-order valence-electron chi connectivity index (χ2n) is 14.7. The van der Waals surface area contributed by atoms with Crippen molar-refractivity contribution in [2.24, 2.45) is 0 Å². The van der Waals surface area contributed by atoms with Crippen molar-refractivity contribution in [3.05, 3.63) is 145 Å². The van der Waals surface area contributed by atoms with Crippen molar-refractivity contribution in [1.29, 1.82) is 0 Å². The first kappa shape index (κ1) is 35.2. The van der Waals surface area contributed by atoms with E-state index < -0.39 is 8.07 Å². The second-order valence-corrected chi connectivity index (χ2v) is 19.8. The monoisotopic (exact) mass is 848 g/mol. The van der Waals surface area contributed by atoms with Gasteiger partial charge in [0.05, 0.1) is 30.5 Å². The molecule has 0 saturated heterocycles. The maximum Gasteiger partial charge on any atom is 0.120 e. The summed E-state index contributed by atoms with van der Waals surface area (Å²) >= 11 is 0. The van der Waals surface area contributed by atoms with Gasteiger partial charge in [0.1, 0.15) is 5.58 Å². The van der Waals surface area contributed by atoms with E-state index in [0.717, 1.165) is 61.3 Å². The zero-order valence-corrected chi connectivity index (χ0v) is 33.0. The Kier molecular flexibility index (Phi) is 9.83. The summed E-state index contributed by atoms with van der Waals surface area (Å²) in [5.41, 5.74) is 10.3. The summed E-state index contributed by atoms with van der Waals surface area (Å²) in [6.45, 7) is 15.8. The molecule has 253 valence electrons. The van der Waals surface area contributed by atoms with Crippen molar-refractivity contribution in [2.75, 3.05) is 0 Å². The molecule has 8 aromatic rings. The normalized spacial score (nSPS) is 11.7. The minimum absolute atomic E-state index is 0. The van der Waals surface area contributed by atoms with Gasteiger partial charge in [-0.1, -0.05) is 119 Å². The molecule has 0 spiro atoms. The van der Waals surface area contributed by atoms with Crippen LogP contribution in [0.1, 0.15) is 31.9 Å². The van der Waals surface area contributed by atoms with E-state index in [0.29, 0.717) is 0 Å². The van der Waals surface area contributed by atoms with Crippen molar-refractivity contribution in [2.45, 2.75) is 52.8 Å². The van der Waals surface area contributed by atoms with Crippen LogP contribution in [0.4, 0.5) is 0 Å². The first-order valence-electron chi connectivity index (χ1n) is 16.8. The van der Waals surface area contributed by atoms with Gasteiger partial charge in [0.2, 0.25) is 0 Å². The number of benzene rings is 5. The van der Waals surface area contributed by atoms with Crippen LogP contribution in [0.2, 0.25) is 19.6 Å². The number of fused-ring (bicyclic) bond motifs is 4. The molecule has 50 heavy (non-hydrogen) atoms. The van der Waals surface area contributed by atoms with Gasteiger partial charge in [-0.15, -0.1) is 53.6 Å². The van der Waals surface area contributed by atoms with E-state index in [2.05, 4.69) is 148 Å². The molecule has 0 saturated carbocycles. The second kappa shape index (κ2) is 14.0. The van der Waals surface area contributed by atoms with Crippen LogP contribution in [0.3, 0.4) is 0 Å². The number of aromatic nitrogens is 3. The number of hydrogen-bond acceptors (Lipinski definition) is 3. The Labute approximate surface area is 309 Å². The topological polar surface area (TPSA) is 43.9 Å². The van der Waals surface area contributed by atoms with E-state index in [1.165, 1.54) is 16.3 Å². The van der Waals surface area contributed by atoms with Crippen LogP contribution in [0.15, 0.2) is 126 Å². The van der Waals surface area contributed by atoms with Crippen LogP contribution in [0.5, 0.6) is 0 Å². The Balaban J connectivity index is 0.000000204. The Morgan fingerprint density at radius 3 is 2.22 bits per heavy atom. The standard InChI is InChI=1S/C29H23N2O.C15H18NSi.Ir/c1-29(2,3)22-14-5-7-16-24(22)31-25-17-8-6-15-23(25)30-28(31)21-13-10-12-20-19-11-4-9-18-26(19)32-27(20)21;1-12-5-7-13(8-6-12)15-10-9-14(11-16-15)17(2,3)4;/h4-12,14-18H,1-3H3;5-7,9-11H,1-4H3;/q2*-1;. The summed E-state index contributed by atoms with van der Waals surface area (Å²) in [7, 11) is -1.24. The van der Waals surface area contributed by atoms with Crippen molar-refractivity contribution in [3.8, 4) is 28.3 Å². The van der Waals surface area contributed by atoms with Crippen LogP contribution in [-0.2, 0) is 25.5 Å². The fourth-order valence-electron chi connectivity index (χ4n) is 6.26. The summed E-state index contributed by atoms with van der Waals surface area (Å²) < 4.78 is 8.60. The molecule has 4 nitrogen and oxygen atoms in total. The van der Waals surface area contributed by atoms with Crippen molar-refractivity contribution in [3.63, 3.8) is 0 Å². The molecule has 0 bridgehead atoms. The SMILES string of the molecule is CC(C)(C)c1ccccc1-n1c(-c2[c-]ccc3c2oc2ccccc23)nc2ccccc21.Cc1c[c-]c(-c2ccc([Si](C)(C)C)cn2)cc1.[Ir]. The largest absolute Gasteiger partial charge is 0.501 e. The smallest absolute Gasteiger partial charge is 0.120 e. The molecule has 0 aliphatic carbocycles. The average molecular weight is 848 g/mol. The van der Waals surface area contributed by atoms with Crippen LogP contribution in [0.25, 0.3) is 61.3 Å². The van der Waals surface area contributed by atoms with Gasteiger partial charge in [-0.2, -0.15) is 0 Å². The third-order valence-corrected chi connectivity index (χ3v) is 11.0. The third kappa shape index (κ3) is 6.89. The number of pyridine rings is 1. The number of imidazole rings is 1. The first-order valence-corrected chi connectivity index (χ1v) is 20.3. The van der Waals surface area contributed by atoms with E-state index in [1.807, 2.05) is 42.6 Å². The van der Waals surface area contributed by atoms with Gasteiger partial charge in [-0.25, -0.2) is 0 Å². The minimum Gasteiger partial charge on any atom is -0.501 e. The van der Waals surface area contributed by atoms with Crippen molar-refractivity contribution in [1.82, 2.24) is 14.5 Å². The van der Waals surface area contributed by atoms with Gasteiger partial charge < -0.3 is 14.0 Å². The molecular weight excluding hydrogens is 807 g/mol. The number of aryl methyl sites for hydroxylation is 1. The quantitative estimate of drug-likeness (QED) is 0.131. The molecule has 1 radical (unpaired) electrons. The predicted molar refractivity (Wildman–Crippen MR) is 208 cm³/mol. The van der Waals surface area contributed by atoms with Crippen LogP contribution in [-0.4, -0.2) is 22.6 Å². The van der Waals surface area contributed by atoms with Crippen LogP contribution < -0.4 is 5.19 Å². The predicted octanol–water partition coefficient (Wildman–Crippen LogP) is 11.1. The molecule has 0 atom stereocenters. The molecule has 5 aromatic carbocycles. The number of furan rings is 1. The fourth-order valence-corrected chi connectivity index (χ4v) is 7.29. The molecule has 8 rings (SSSR count). The van der Waals surface area contributed by atoms with Gasteiger partial charge in [0, 0.05) is 37.4 Å². The number of hydrogen-bond donors (Lipinski definition) is 0. The molecule has 3 aromatic heterocycles. The molecule has 6 heteroatoms. The average Bonchev–Trinajstić information content (AvgIpc) is 3.67. The van der Waals surface area contributed by atoms with Gasteiger partial charge in [0.25, 0.3) is 0 Å². The van der Waals surface area contributed by atoms with Gasteiger partial charge in [-0.05, 0) is 46.1 Å². The summed E-state index contributed by atoms with van der Waals surface area (Å²) in [6.07, 6.45) is 2.02. The number of rotatable bonds is 4. The van der Waals surface area contributed by atoms with E-state index in [-0.39, 0.29) is 25.5 Å². The summed E-state index contributed by atoms with van der Waals surface area (Å²) in [5, 5.41) is 3.58. The molecule has 0 amide bonds. The van der Waals surface area contributed by atoms with E-state index >= 15 is 0 Å². The Hall–Kier alpha value is -4.61. The zero-order chi connectivity index (χ0) is 34.3. The maximum absolute atomic E-state index is 6.34. The summed E-state index contributed by atoms with van der Waals surface area (Å²) in [5.74, 6) is 0.840. The number of nitrogens with zero attached hydrogens (tertiary/aromatic N) is 3. The van der Waals surface area contributed by atoms with Crippen molar-refractivity contribution < 1.29 is 24.5 Å². The molecule has 0 unspecified atom stereocenters. The molecule has 0 aliphatic rings. The fraction of sp³-hybridized carbons (Fsp3) is 0.182. The molecule has 3 heterocycles. The minimum atomic E-state index is -1.24. The Morgan fingerprint density at radius 1 is 0.760 bits per heavy atom.